The third kappa shape index (κ3) is 3.10. The largest absolute Gasteiger partial charge is 0.463 e. The molecule has 6 rings (SSSR count). The van der Waals surface area contributed by atoms with Crippen LogP contribution in [0.5, 0.6) is 0 Å². The number of fused-ring (bicyclic) bond motifs is 4. The van der Waals surface area contributed by atoms with Crippen LogP contribution in [0.25, 0.3) is 0 Å². The van der Waals surface area contributed by atoms with E-state index in [1.807, 2.05) is 6.08 Å². The van der Waals surface area contributed by atoms with Gasteiger partial charge >= 0.3 is 0 Å². The second kappa shape index (κ2) is 8.10. The zero-order valence-electron chi connectivity index (χ0n) is 20.1. The SMILES string of the molecule is CN1C(=O)C2CC=C3C(CC4C(=O)N(c5ccc(F)c(Cl)c5)C(=O)C4(C)C3c3ccc(CO)o3)C2C1=O. The minimum atomic E-state index is -1.28. The first-order valence-corrected chi connectivity index (χ1v) is 12.5. The Balaban J connectivity index is 1.52. The molecule has 1 N–H and O–H groups in total. The molecule has 2 saturated heterocycles. The number of allylic oxidation sites excluding steroid dienone is 2. The number of benzene rings is 1. The summed E-state index contributed by atoms with van der Waals surface area (Å²) in [5.74, 6) is -4.58. The molecule has 1 saturated carbocycles. The van der Waals surface area contributed by atoms with Crippen molar-refractivity contribution in [2.75, 3.05) is 11.9 Å². The van der Waals surface area contributed by atoms with Crippen LogP contribution in [0.3, 0.4) is 0 Å². The summed E-state index contributed by atoms with van der Waals surface area (Å²) in [4.78, 5) is 56.2. The first kappa shape index (κ1) is 24.1. The average Bonchev–Trinajstić information content (AvgIpc) is 3.49. The van der Waals surface area contributed by atoms with Crippen molar-refractivity contribution < 1.29 is 33.1 Å². The fourth-order valence-electron chi connectivity index (χ4n) is 6.98. The number of aliphatic hydroxyl groups excluding tert-OH is 1. The Morgan fingerprint density at radius 1 is 1.11 bits per heavy atom. The van der Waals surface area contributed by atoms with E-state index < -0.39 is 52.6 Å². The summed E-state index contributed by atoms with van der Waals surface area (Å²) >= 11 is 5.98. The van der Waals surface area contributed by atoms with Crippen LogP contribution >= 0.6 is 11.6 Å². The maximum atomic E-state index is 14.1. The fourth-order valence-corrected chi connectivity index (χ4v) is 7.15. The van der Waals surface area contributed by atoms with Crippen molar-refractivity contribution in [3.05, 3.63) is 64.3 Å². The van der Waals surface area contributed by atoms with Crippen LogP contribution in [0.2, 0.25) is 5.02 Å². The molecule has 8 nitrogen and oxygen atoms in total. The van der Waals surface area contributed by atoms with Crippen molar-refractivity contribution in [3.8, 4) is 0 Å². The van der Waals surface area contributed by atoms with Crippen molar-refractivity contribution in [3.63, 3.8) is 0 Å². The second-order valence-corrected chi connectivity index (χ2v) is 10.9. The number of imide groups is 2. The number of furan rings is 1. The van der Waals surface area contributed by atoms with Gasteiger partial charge in [0.05, 0.1) is 39.8 Å². The highest BCUT2D eigenvalue weighted by Crippen LogP contribution is 2.63. The Morgan fingerprint density at radius 2 is 1.86 bits per heavy atom. The number of hydrogen-bond donors (Lipinski definition) is 1. The molecule has 0 radical (unpaired) electrons. The Labute approximate surface area is 216 Å². The number of halogens is 2. The third-order valence-electron chi connectivity index (χ3n) is 8.78. The number of amides is 4. The number of anilines is 1. The van der Waals surface area contributed by atoms with Gasteiger partial charge in [0.25, 0.3) is 0 Å². The van der Waals surface area contributed by atoms with E-state index in [9.17, 15) is 28.7 Å². The van der Waals surface area contributed by atoms with E-state index in [1.165, 1.54) is 19.2 Å². The summed E-state index contributed by atoms with van der Waals surface area (Å²) in [6.07, 6.45) is 2.46. The van der Waals surface area contributed by atoms with E-state index >= 15 is 0 Å². The van der Waals surface area contributed by atoms with Crippen molar-refractivity contribution in [2.45, 2.75) is 32.3 Å². The molecule has 10 heteroatoms. The van der Waals surface area contributed by atoms with Gasteiger partial charge < -0.3 is 9.52 Å². The molecule has 6 unspecified atom stereocenters. The number of likely N-dealkylation sites (tertiary alicyclic amines) is 1. The lowest BCUT2D eigenvalue weighted by molar-refractivity contribution is -0.139. The van der Waals surface area contributed by atoms with Gasteiger partial charge in [0.15, 0.2) is 0 Å². The fraction of sp³-hybridized carbons (Fsp3) is 0.407. The second-order valence-electron chi connectivity index (χ2n) is 10.5. The minimum absolute atomic E-state index is 0.160. The van der Waals surface area contributed by atoms with Crippen LogP contribution in [0.1, 0.15) is 37.2 Å². The zero-order valence-corrected chi connectivity index (χ0v) is 20.9. The van der Waals surface area contributed by atoms with E-state index in [2.05, 4.69) is 0 Å². The predicted octanol–water partition coefficient (Wildman–Crippen LogP) is 3.42. The van der Waals surface area contributed by atoms with E-state index in [0.29, 0.717) is 17.9 Å². The molecule has 0 spiro atoms. The normalized spacial score (nSPS) is 33.0. The Bertz CT molecular complexity index is 1420. The molecular weight excluding hydrogens is 503 g/mol. The maximum Gasteiger partial charge on any atom is 0.241 e. The number of carbonyl (C=O) groups excluding carboxylic acids is 4. The molecule has 3 fully saturated rings. The number of aliphatic hydroxyl groups is 1. The number of hydrogen-bond acceptors (Lipinski definition) is 6. The Kier molecular flexibility index (Phi) is 5.27. The molecule has 4 aliphatic rings. The van der Waals surface area contributed by atoms with Crippen LogP contribution in [-0.2, 0) is 25.8 Å². The highest BCUT2D eigenvalue weighted by atomic mass is 35.5. The minimum Gasteiger partial charge on any atom is -0.463 e. The number of carbonyl (C=O) groups is 4. The molecule has 6 atom stereocenters. The number of rotatable bonds is 3. The third-order valence-corrected chi connectivity index (χ3v) is 9.07. The Morgan fingerprint density at radius 3 is 2.54 bits per heavy atom. The summed E-state index contributed by atoms with van der Waals surface area (Å²) in [6, 6.07) is 6.97. The molecule has 4 amide bonds. The van der Waals surface area contributed by atoms with Crippen LogP contribution in [0.15, 0.2) is 46.4 Å². The van der Waals surface area contributed by atoms with Crippen molar-refractivity contribution >= 4 is 40.9 Å². The quantitative estimate of drug-likeness (QED) is 0.485. The standard InChI is InChI=1S/C27H24ClFN2O6/c1-27-17(24(34)31(26(27)36)12-3-7-19(29)18(28)9-12)10-16-14(22(27)20-8-4-13(11-32)37-20)5-6-15-21(16)25(35)30(2)23(15)33/h3-5,7-9,15-17,21-22,32H,6,10-11H2,1-2H3. The zero-order chi connectivity index (χ0) is 26.4. The monoisotopic (exact) mass is 526 g/mol. The molecule has 1 aromatic carbocycles. The summed E-state index contributed by atoms with van der Waals surface area (Å²) < 4.78 is 19.8. The van der Waals surface area contributed by atoms with E-state index in [-0.39, 0.29) is 35.6 Å². The van der Waals surface area contributed by atoms with E-state index in [4.69, 9.17) is 16.0 Å². The van der Waals surface area contributed by atoms with Crippen LogP contribution in [0.4, 0.5) is 10.1 Å². The van der Waals surface area contributed by atoms with Crippen molar-refractivity contribution in [2.24, 2.45) is 29.1 Å². The van der Waals surface area contributed by atoms with Gasteiger partial charge in [-0.05, 0) is 56.0 Å². The van der Waals surface area contributed by atoms with Gasteiger partial charge in [0, 0.05) is 7.05 Å². The summed E-state index contributed by atoms with van der Waals surface area (Å²) in [5, 5.41) is 9.40. The van der Waals surface area contributed by atoms with Gasteiger partial charge in [-0.15, -0.1) is 0 Å². The highest BCUT2D eigenvalue weighted by molar-refractivity contribution is 6.31. The lowest BCUT2D eigenvalue weighted by Gasteiger charge is -2.48. The Hall–Kier alpha value is -3.30. The van der Waals surface area contributed by atoms with Gasteiger partial charge in [-0.2, -0.15) is 0 Å². The lowest BCUT2D eigenvalue weighted by Crippen LogP contribution is -2.48. The van der Waals surface area contributed by atoms with Gasteiger partial charge in [-0.3, -0.25) is 24.1 Å². The smallest absolute Gasteiger partial charge is 0.241 e. The summed E-state index contributed by atoms with van der Waals surface area (Å²) in [5.41, 5.74) is -0.335. The van der Waals surface area contributed by atoms with E-state index in [0.717, 1.165) is 21.4 Å². The van der Waals surface area contributed by atoms with Gasteiger partial charge in [0.1, 0.15) is 23.9 Å². The molecule has 0 bridgehead atoms. The van der Waals surface area contributed by atoms with Gasteiger partial charge in [-0.25, -0.2) is 9.29 Å². The summed E-state index contributed by atoms with van der Waals surface area (Å²) in [6.45, 7) is 1.37. The lowest BCUT2D eigenvalue weighted by atomic mass is 9.52. The van der Waals surface area contributed by atoms with Crippen molar-refractivity contribution in [1.29, 1.82) is 0 Å². The molecule has 37 heavy (non-hydrogen) atoms. The topological polar surface area (TPSA) is 108 Å². The number of nitrogens with zero attached hydrogens (tertiary/aromatic N) is 2. The van der Waals surface area contributed by atoms with Gasteiger partial charge in [-0.1, -0.05) is 23.3 Å². The van der Waals surface area contributed by atoms with E-state index in [1.54, 1.807) is 19.1 Å². The predicted molar refractivity (Wildman–Crippen MR) is 128 cm³/mol. The highest BCUT2D eigenvalue weighted by Gasteiger charge is 2.68. The molecule has 3 heterocycles. The first-order valence-electron chi connectivity index (χ1n) is 12.1. The molecular formula is C27H24ClFN2O6. The van der Waals surface area contributed by atoms with Gasteiger partial charge in [0.2, 0.25) is 23.6 Å². The average molecular weight is 527 g/mol. The molecule has 2 aliphatic heterocycles. The van der Waals surface area contributed by atoms with Crippen LogP contribution in [-0.4, -0.2) is 40.7 Å². The van der Waals surface area contributed by atoms with Crippen LogP contribution < -0.4 is 4.90 Å². The van der Waals surface area contributed by atoms with Crippen LogP contribution in [0, 0.1) is 34.9 Å². The molecule has 2 aromatic rings. The molecule has 2 aliphatic carbocycles. The summed E-state index contributed by atoms with van der Waals surface area (Å²) in [7, 11) is 1.47. The molecule has 192 valence electrons. The van der Waals surface area contributed by atoms with Crippen molar-refractivity contribution in [1.82, 2.24) is 4.90 Å². The molecule has 1 aromatic heterocycles. The maximum absolute atomic E-state index is 14.1. The first-order chi connectivity index (χ1) is 17.6.